The van der Waals surface area contributed by atoms with E-state index in [0.717, 1.165) is 19.5 Å². The molecule has 4 unspecified atom stereocenters. The molecular formula is C16H32N4. The summed E-state index contributed by atoms with van der Waals surface area (Å²) < 4.78 is 0. The zero-order valence-corrected chi connectivity index (χ0v) is 14.3. The average Bonchev–Trinajstić information content (AvgIpc) is 2.34. The molecule has 1 aliphatic heterocycles. The quantitative estimate of drug-likeness (QED) is 0.837. The summed E-state index contributed by atoms with van der Waals surface area (Å²) in [6.45, 7) is 15.2. The Hall–Kier alpha value is -0.630. The van der Waals surface area contributed by atoms with E-state index < -0.39 is 5.54 Å². The van der Waals surface area contributed by atoms with Crippen molar-refractivity contribution in [1.29, 1.82) is 5.26 Å². The summed E-state index contributed by atoms with van der Waals surface area (Å²) in [7, 11) is 2.21. The molecule has 20 heavy (non-hydrogen) atoms. The van der Waals surface area contributed by atoms with Crippen LogP contribution in [0.25, 0.3) is 0 Å². The highest BCUT2D eigenvalue weighted by Gasteiger charge is 2.33. The number of piperazine rings is 1. The van der Waals surface area contributed by atoms with Crippen molar-refractivity contribution >= 4 is 0 Å². The van der Waals surface area contributed by atoms with Gasteiger partial charge in [-0.2, -0.15) is 5.26 Å². The first-order valence-electron chi connectivity index (χ1n) is 7.83. The van der Waals surface area contributed by atoms with Crippen molar-refractivity contribution < 1.29 is 0 Å². The molecule has 0 aromatic carbocycles. The fourth-order valence-electron chi connectivity index (χ4n) is 3.30. The Labute approximate surface area is 125 Å². The molecule has 0 spiro atoms. The van der Waals surface area contributed by atoms with E-state index in [1.54, 1.807) is 0 Å². The molecule has 1 aliphatic rings. The highest BCUT2D eigenvalue weighted by Crippen LogP contribution is 2.21. The van der Waals surface area contributed by atoms with Gasteiger partial charge in [0.25, 0.3) is 0 Å². The van der Waals surface area contributed by atoms with Crippen LogP contribution in [0.2, 0.25) is 0 Å². The molecule has 116 valence electrons. The van der Waals surface area contributed by atoms with E-state index in [1.807, 2.05) is 6.92 Å². The lowest BCUT2D eigenvalue weighted by atomic mass is 9.92. The molecule has 0 aromatic heterocycles. The van der Waals surface area contributed by atoms with Gasteiger partial charge in [0.15, 0.2) is 0 Å². The number of nitriles is 1. The van der Waals surface area contributed by atoms with Crippen molar-refractivity contribution in [2.24, 2.45) is 0 Å². The zero-order valence-electron chi connectivity index (χ0n) is 14.3. The molecular weight excluding hydrogens is 248 g/mol. The average molecular weight is 280 g/mol. The van der Waals surface area contributed by atoms with Crippen LogP contribution in [0, 0.1) is 11.3 Å². The van der Waals surface area contributed by atoms with Gasteiger partial charge in [0.2, 0.25) is 0 Å². The first kappa shape index (κ1) is 17.4. The van der Waals surface area contributed by atoms with Gasteiger partial charge >= 0.3 is 0 Å². The van der Waals surface area contributed by atoms with E-state index >= 15 is 0 Å². The summed E-state index contributed by atoms with van der Waals surface area (Å²) in [6.07, 6.45) is 0.866. The number of hydrogen-bond donors (Lipinski definition) is 1. The fraction of sp³-hybridized carbons (Fsp3) is 0.938. The van der Waals surface area contributed by atoms with Crippen molar-refractivity contribution in [2.45, 2.75) is 77.7 Å². The van der Waals surface area contributed by atoms with E-state index in [1.165, 1.54) is 0 Å². The van der Waals surface area contributed by atoms with Crippen LogP contribution in [0.4, 0.5) is 0 Å². The molecule has 0 amide bonds. The van der Waals surface area contributed by atoms with Crippen molar-refractivity contribution in [3.8, 4) is 6.07 Å². The molecule has 1 saturated heterocycles. The van der Waals surface area contributed by atoms with Crippen LogP contribution in [0.3, 0.4) is 0 Å². The van der Waals surface area contributed by atoms with Gasteiger partial charge in [0.1, 0.15) is 5.54 Å². The predicted molar refractivity (Wildman–Crippen MR) is 84.6 cm³/mol. The van der Waals surface area contributed by atoms with Crippen LogP contribution >= 0.6 is 0 Å². The Morgan fingerprint density at radius 3 is 2.15 bits per heavy atom. The molecule has 0 radical (unpaired) electrons. The number of nitrogens with zero attached hydrogens (tertiary/aromatic N) is 3. The van der Waals surface area contributed by atoms with Gasteiger partial charge in [-0.15, -0.1) is 0 Å². The zero-order chi connectivity index (χ0) is 15.5. The second-order valence-corrected chi connectivity index (χ2v) is 7.11. The molecule has 4 nitrogen and oxygen atoms in total. The molecule has 0 aromatic rings. The van der Waals surface area contributed by atoms with Gasteiger partial charge in [0, 0.05) is 37.3 Å². The molecule has 1 N–H and O–H groups in total. The Morgan fingerprint density at radius 2 is 1.75 bits per heavy atom. The minimum Gasteiger partial charge on any atom is -0.298 e. The van der Waals surface area contributed by atoms with E-state index in [-0.39, 0.29) is 0 Å². The third-order valence-corrected chi connectivity index (χ3v) is 4.57. The van der Waals surface area contributed by atoms with Crippen molar-refractivity contribution in [1.82, 2.24) is 15.1 Å². The number of nitrogens with one attached hydrogen (secondary N) is 1. The Bertz CT molecular complexity index is 337. The molecule has 0 aliphatic carbocycles. The van der Waals surface area contributed by atoms with Crippen LogP contribution < -0.4 is 5.32 Å². The van der Waals surface area contributed by atoms with Gasteiger partial charge in [-0.3, -0.25) is 15.1 Å². The molecule has 0 bridgehead atoms. The van der Waals surface area contributed by atoms with E-state index in [4.69, 9.17) is 0 Å². The first-order chi connectivity index (χ1) is 9.18. The highest BCUT2D eigenvalue weighted by molar-refractivity contribution is 5.06. The maximum atomic E-state index is 9.49. The molecule has 4 atom stereocenters. The smallest absolute Gasteiger partial charge is 0.105 e. The lowest BCUT2D eigenvalue weighted by molar-refractivity contribution is 0.0310. The van der Waals surface area contributed by atoms with E-state index in [9.17, 15) is 5.26 Å². The number of rotatable bonds is 5. The van der Waals surface area contributed by atoms with Crippen molar-refractivity contribution in [3.63, 3.8) is 0 Å². The van der Waals surface area contributed by atoms with Crippen LogP contribution in [0.1, 0.15) is 48.0 Å². The van der Waals surface area contributed by atoms with E-state index in [2.05, 4.69) is 62.9 Å². The van der Waals surface area contributed by atoms with Crippen molar-refractivity contribution in [2.75, 3.05) is 20.1 Å². The first-order valence-corrected chi connectivity index (χ1v) is 7.83. The van der Waals surface area contributed by atoms with Crippen LogP contribution in [0.5, 0.6) is 0 Å². The summed E-state index contributed by atoms with van der Waals surface area (Å²) >= 11 is 0. The van der Waals surface area contributed by atoms with Gasteiger partial charge in [0.05, 0.1) is 6.07 Å². The molecule has 4 heteroatoms. The largest absolute Gasteiger partial charge is 0.298 e. The standard InChI is InChI=1S/C16H32N4/c1-12(2)18-16(6,11-17)8-13(3)20-9-14(4)19(7)15(5)10-20/h12-15,18H,8-10H2,1-7H3. The van der Waals surface area contributed by atoms with Crippen LogP contribution in [-0.4, -0.2) is 59.6 Å². The third kappa shape index (κ3) is 4.44. The Morgan fingerprint density at radius 1 is 1.25 bits per heavy atom. The Balaban J connectivity index is 2.66. The summed E-state index contributed by atoms with van der Waals surface area (Å²) in [5, 5.41) is 12.9. The van der Waals surface area contributed by atoms with Gasteiger partial charge in [-0.25, -0.2) is 0 Å². The molecule has 0 saturated carbocycles. The molecule has 1 heterocycles. The summed E-state index contributed by atoms with van der Waals surface area (Å²) in [6, 6.07) is 4.37. The van der Waals surface area contributed by atoms with Gasteiger partial charge < -0.3 is 0 Å². The summed E-state index contributed by atoms with van der Waals surface area (Å²) in [4.78, 5) is 4.98. The molecule has 1 fully saturated rings. The topological polar surface area (TPSA) is 42.3 Å². The van der Waals surface area contributed by atoms with Gasteiger partial charge in [-0.05, 0) is 55.0 Å². The van der Waals surface area contributed by atoms with Crippen LogP contribution in [0.15, 0.2) is 0 Å². The third-order valence-electron chi connectivity index (χ3n) is 4.57. The minimum absolute atomic E-state index is 0.331. The summed E-state index contributed by atoms with van der Waals surface area (Å²) in [5.41, 5.74) is -0.441. The SMILES string of the molecule is CC(C)NC(C)(C#N)CC(C)N1CC(C)N(C)C(C)C1. The lowest BCUT2D eigenvalue weighted by Gasteiger charge is -2.46. The predicted octanol–water partition coefficient (Wildman–Crippen LogP) is 2.07. The maximum Gasteiger partial charge on any atom is 0.105 e. The highest BCUT2D eigenvalue weighted by atomic mass is 15.3. The van der Waals surface area contributed by atoms with Crippen LogP contribution in [-0.2, 0) is 0 Å². The van der Waals surface area contributed by atoms with Crippen molar-refractivity contribution in [3.05, 3.63) is 0 Å². The number of likely N-dealkylation sites (N-methyl/N-ethyl adjacent to an activating group) is 1. The lowest BCUT2D eigenvalue weighted by Crippen LogP contribution is -2.58. The maximum absolute atomic E-state index is 9.49. The second kappa shape index (κ2) is 6.89. The fourth-order valence-corrected chi connectivity index (χ4v) is 3.30. The molecule has 1 rings (SSSR count). The Kier molecular flexibility index (Phi) is 6.00. The normalized spacial score (nSPS) is 29.9. The summed E-state index contributed by atoms with van der Waals surface area (Å²) in [5.74, 6) is 0. The second-order valence-electron chi connectivity index (χ2n) is 7.11. The van der Waals surface area contributed by atoms with E-state index in [0.29, 0.717) is 24.2 Å². The minimum atomic E-state index is -0.441. The number of hydrogen-bond acceptors (Lipinski definition) is 4. The monoisotopic (exact) mass is 280 g/mol. The van der Waals surface area contributed by atoms with Gasteiger partial charge in [-0.1, -0.05) is 0 Å².